The molecule has 22 heavy (non-hydrogen) atoms. The van der Waals surface area contributed by atoms with Gasteiger partial charge in [-0.3, -0.25) is 4.18 Å². The van der Waals surface area contributed by atoms with Gasteiger partial charge in [0.25, 0.3) is 10.1 Å². The molecule has 3 rings (SSSR count). The van der Waals surface area contributed by atoms with Crippen LogP contribution in [-0.4, -0.2) is 25.0 Å². The molecule has 0 saturated carbocycles. The number of hydrogen-bond acceptors (Lipinski definition) is 4. The highest BCUT2D eigenvalue weighted by atomic mass is 32.2. The van der Waals surface area contributed by atoms with Gasteiger partial charge in [0, 0.05) is 17.8 Å². The van der Waals surface area contributed by atoms with E-state index in [9.17, 15) is 8.42 Å². The summed E-state index contributed by atoms with van der Waals surface area (Å²) in [5.74, 6) is 0.968. The smallest absolute Gasteiger partial charge is 0.297 e. The van der Waals surface area contributed by atoms with E-state index in [0.717, 1.165) is 11.2 Å². The summed E-state index contributed by atoms with van der Waals surface area (Å²) in [6.45, 7) is 3.72. The quantitative estimate of drug-likeness (QED) is 0.752. The average molecular weight is 318 g/mol. The molecule has 0 spiro atoms. The minimum absolute atomic E-state index is 0.144. The summed E-state index contributed by atoms with van der Waals surface area (Å²) in [7, 11) is -3.64. The van der Waals surface area contributed by atoms with Gasteiger partial charge in [0.05, 0.1) is 6.61 Å². The molecule has 0 aliphatic carbocycles. The fourth-order valence-corrected chi connectivity index (χ4v) is 3.11. The molecule has 1 N–H and O–H groups in total. The third-order valence-corrected chi connectivity index (χ3v) is 4.37. The van der Waals surface area contributed by atoms with Gasteiger partial charge >= 0.3 is 0 Å². The number of aryl methyl sites for hydroxylation is 1. The Kier molecular flexibility index (Phi) is 5.30. The second kappa shape index (κ2) is 7.20. The van der Waals surface area contributed by atoms with E-state index in [1.165, 1.54) is 0 Å². The third-order valence-electron chi connectivity index (χ3n) is 2.93. The highest BCUT2D eigenvalue weighted by Crippen LogP contribution is 2.23. The maximum Gasteiger partial charge on any atom is 0.297 e. The standard InChI is InChI=1S/C12H12O3S.C4H6N2/c1-2-15-16(13,14)12-9-5-7-10-6-3-4-8-11(10)12;1-4-5-2-3-6-4/h3-9H,2H2,1H3;2-3H,1H3,(H,5,6). The molecular formula is C16H18N2O3S. The maximum atomic E-state index is 11.8. The number of aromatic nitrogens is 2. The van der Waals surface area contributed by atoms with Crippen molar-refractivity contribution in [3.8, 4) is 0 Å². The van der Waals surface area contributed by atoms with Crippen molar-refractivity contribution in [2.45, 2.75) is 18.7 Å². The molecule has 2 aromatic carbocycles. The largest absolute Gasteiger partial charge is 0.349 e. The summed E-state index contributed by atoms with van der Waals surface area (Å²) in [6.07, 6.45) is 3.53. The van der Waals surface area contributed by atoms with Crippen LogP contribution in [0.25, 0.3) is 10.8 Å². The molecule has 0 atom stereocenters. The number of H-pyrrole nitrogens is 1. The van der Waals surface area contributed by atoms with Gasteiger partial charge in [-0.1, -0.05) is 36.4 Å². The Bertz CT molecular complexity index is 822. The first-order valence-corrected chi connectivity index (χ1v) is 8.28. The van der Waals surface area contributed by atoms with Gasteiger partial charge in [-0.25, -0.2) is 4.98 Å². The average Bonchev–Trinajstić information content (AvgIpc) is 2.98. The van der Waals surface area contributed by atoms with E-state index in [1.54, 1.807) is 37.5 Å². The Hall–Kier alpha value is -2.18. The van der Waals surface area contributed by atoms with E-state index in [4.69, 9.17) is 4.18 Å². The van der Waals surface area contributed by atoms with E-state index < -0.39 is 10.1 Å². The molecule has 0 aliphatic heterocycles. The van der Waals surface area contributed by atoms with Crippen LogP contribution in [-0.2, 0) is 14.3 Å². The summed E-state index contributed by atoms with van der Waals surface area (Å²) in [6, 6.07) is 12.5. The number of benzene rings is 2. The molecule has 3 aromatic rings. The second-order valence-electron chi connectivity index (χ2n) is 4.51. The molecular weight excluding hydrogens is 300 g/mol. The van der Waals surface area contributed by atoms with Gasteiger partial charge < -0.3 is 4.98 Å². The lowest BCUT2D eigenvalue weighted by Crippen LogP contribution is -2.06. The first-order valence-electron chi connectivity index (χ1n) is 6.88. The molecule has 6 heteroatoms. The van der Waals surface area contributed by atoms with Crippen molar-refractivity contribution >= 4 is 20.9 Å². The van der Waals surface area contributed by atoms with Crippen LogP contribution in [0.5, 0.6) is 0 Å². The summed E-state index contributed by atoms with van der Waals surface area (Å²) in [4.78, 5) is 6.98. The zero-order valence-corrected chi connectivity index (χ0v) is 13.3. The van der Waals surface area contributed by atoms with Gasteiger partial charge in [0.1, 0.15) is 10.7 Å². The number of nitrogens with one attached hydrogen (secondary N) is 1. The molecule has 0 aliphatic rings. The molecule has 1 heterocycles. The van der Waals surface area contributed by atoms with Crippen molar-refractivity contribution < 1.29 is 12.6 Å². The van der Waals surface area contributed by atoms with Gasteiger partial charge in [0.15, 0.2) is 0 Å². The van der Waals surface area contributed by atoms with Crippen LogP contribution >= 0.6 is 0 Å². The SMILES string of the molecule is CCOS(=O)(=O)c1cccc2ccccc12.Cc1ncc[nH]1. The summed E-state index contributed by atoms with van der Waals surface area (Å²) in [5, 5.41) is 1.58. The molecule has 0 amide bonds. The molecule has 5 nitrogen and oxygen atoms in total. The predicted octanol–water partition coefficient (Wildman–Crippen LogP) is 3.28. The third kappa shape index (κ3) is 3.93. The van der Waals surface area contributed by atoms with Gasteiger partial charge in [-0.05, 0) is 25.3 Å². The minimum atomic E-state index is -3.64. The first kappa shape index (κ1) is 16.2. The molecule has 0 radical (unpaired) electrons. The summed E-state index contributed by atoms with van der Waals surface area (Å²) in [5.41, 5.74) is 0. The Balaban J connectivity index is 0.000000246. The zero-order chi connectivity index (χ0) is 16.0. The van der Waals surface area contributed by atoms with Crippen LogP contribution in [0.1, 0.15) is 12.7 Å². The Morgan fingerprint density at radius 1 is 1.14 bits per heavy atom. The van der Waals surface area contributed by atoms with Crippen molar-refractivity contribution in [2.24, 2.45) is 0 Å². The Morgan fingerprint density at radius 3 is 2.45 bits per heavy atom. The number of imidazole rings is 1. The van der Waals surface area contributed by atoms with Crippen LogP contribution in [0.4, 0.5) is 0 Å². The van der Waals surface area contributed by atoms with Crippen molar-refractivity contribution in [2.75, 3.05) is 6.61 Å². The number of fused-ring (bicyclic) bond motifs is 1. The highest BCUT2D eigenvalue weighted by Gasteiger charge is 2.16. The normalized spacial score (nSPS) is 11.0. The molecule has 116 valence electrons. The Labute approximate surface area is 130 Å². The molecule has 1 aromatic heterocycles. The summed E-state index contributed by atoms with van der Waals surface area (Å²) < 4.78 is 28.4. The maximum absolute atomic E-state index is 11.8. The van der Waals surface area contributed by atoms with Crippen molar-refractivity contribution in [3.05, 3.63) is 60.7 Å². The van der Waals surface area contributed by atoms with E-state index in [0.29, 0.717) is 5.39 Å². The number of rotatable bonds is 3. The molecule has 0 bridgehead atoms. The van der Waals surface area contributed by atoms with Crippen LogP contribution < -0.4 is 0 Å². The highest BCUT2D eigenvalue weighted by molar-refractivity contribution is 7.87. The van der Waals surface area contributed by atoms with Gasteiger partial charge in [-0.2, -0.15) is 8.42 Å². The monoisotopic (exact) mass is 318 g/mol. The van der Waals surface area contributed by atoms with Gasteiger partial charge in [0.2, 0.25) is 0 Å². The van der Waals surface area contributed by atoms with Crippen molar-refractivity contribution in [1.29, 1.82) is 0 Å². The van der Waals surface area contributed by atoms with Gasteiger partial charge in [-0.15, -0.1) is 0 Å². The second-order valence-corrected chi connectivity index (χ2v) is 6.10. The van der Waals surface area contributed by atoms with E-state index >= 15 is 0 Å². The van der Waals surface area contributed by atoms with Crippen LogP contribution in [0.3, 0.4) is 0 Å². The molecule has 0 fully saturated rings. The number of nitrogens with zero attached hydrogens (tertiary/aromatic N) is 1. The minimum Gasteiger partial charge on any atom is -0.349 e. The summed E-state index contributed by atoms with van der Waals surface area (Å²) >= 11 is 0. The number of hydrogen-bond donors (Lipinski definition) is 1. The topological polar surface area (TPSA) is 72.1 Å². The molecule has 0 saturated heterocycles. The zero-order valence-electron chi connectivity index (χ0n) is 12.5. The van der Waals surface area contributed by atoms with E-state index in [1.807, 2.05) is 31.2 Å². The Morgan fingerprint density at radius 2 is 1.86 bits per heavy atom. The predicted molar refractivity (Wildman–Crippen MR) is 86.1 cm³/mol. The fraction of sp³-hybridized carbons (Fsp3) is 0.188. The van der Waals surface area contributed by atoms with Crippen LogP contribution in [0.2, 0.25) is 0 Å². The van der Waals surface area contributed by atoms with E-state index in [-0.39, 0.29) is 11.5 Å². The first-order chi connectivity index (χ1) is 10.5. The lowest BCUT2D eigenvalue weighted by atomic mass is 10.1. The molecule has 0 unspecified atom stereocenters. The van der Waals surface area contributed by atoms with Crippen molar-refractivity contribution in [1.82, 2.24) is 9.97 Å². The fourth-order valence-electron chi connectivity index (χ4n) is 1.98. The van der Waals surface area contributed by atoms with Crippen molar-refractivity contribution in [3.63, 3.8) is 0 Å². The lowest BCUT2D eigenvalue weighted by molar-refractivity contribution is 0.338. The van der Waals surface area contributed by atoms with E-state index in [2.05, 4.69) is 9.97 Å². The lowest BCUT2D eigenvalue weighted by Gasteiger charge is -2.06. The van der Waals surface area contributed by atoms with Crippen LogP contribution in [0, 0.1) is 6.92 Å². The number of aromatic amines is 1. The van der Waals surface area contributed by atoms with Crippen LogP contribution in [0.15, 0.2) is 59.8 Å².